The van der Waals surface area contributed by atoms with E-state index in [4.69, 9.17) is 11.6 Å². The van der Waals surface area contributed by atoms with Crippen LogP contribution in [0.2, 0.25) is 5.02 Å². The number of nitrogens with zero attached hydrogens (tertiary/aromatic N) is 2. The zero-order valence-corrected chi connectivity index (χ0v) is 17.4. The molecule has 0 atom stereocenters. The number of aromatic nitrogens is 2. The number of fused-ring (bicyclic) bond motifs is 1. The van der Waals surface area contributed by atoms with Crippen molar-refractivity contribution < 1.29 is 4.79 Å². The minimum atomic E-state index is -0.104. The summed E-state index contributed by atoms with van der Waals surface area (Å²) in [5, 5.41) is 5.28. The van der Waals surface area contributed by atoms with Crippen LogP contribution in [-0.4, -0.2) is 21.6 Å². The highest BCUT2D eigenvalue weighted by molar-refractivity contribution is 8.00. The molecule has 0 fully saturated rings. The molecule has 1 N–H and O–H groups in total. The molecule has 4 rings (SSSR count). The Bertz CT molecular complexity index is 1150. The lowest BCUT2D eigenvalue weighted by atomic mass is 10.0. The Kier molecular flexibility index (Phi) is 5.62. The van der Waals surface area contributed by atoms with Crippen molar-refractivity contribution in [1.29, 1.82) is 0 Å². The summed E-state index contributed by atoms with van der Waals surface area (Å²) in [5.74, 6) is 0.147. The first-order valence-electron chi connectivity index (χ1n) is 8.59. The summed E-state index contributed by atoms with van der Waals surface area (Å²) in [5.41, 5.74) is 2.95. The first-order valence-corrected chi connectivity index (χ1v) is 10.8. The summed E-state index contributed by atoms with van der Waals surface area (Å²) in [6.45, 7) is 2.09. The van der Waals surface area contributed by atoms with Crippen molar-refractivity contribution in [2.24, 2.45) is 0 Å². The molecule has 0 aliphatic carbocycles. The van der Waals surface area contributed by atoms with E-state index in [1.807, 2.05) is 24.3 Å². The third kappa shape index (κ3) is 4.04. The summed E-state index contributed by atoms with van der Waals surface area (Å²) < 4.78 is 0. The van der Waals surface area contributed by atoms with Gasteiger partial charge in [0.2, 0.25) is 5.91 Å². The number of hydrogen-bond acceptors (Lipinski definition) is 5. The fourth-order valence-corrected chi connectivity index (χ4v) is 5.05. The smallest absolute Gasteiger partial charge is 0.234 e. The van der Waals surface area contributed by atoms with Crippen LogP contribution < -0.4 is 5.32 Å². The van der Waals surface area contributed by atoms with E-state index in [0.717, 1.165) is 26.4 Å². The Morgan fingerprint density at radius 1 is 1.14 bits per heavy atom. The third-order valence-electron chi connectivity index (χ3n) is 4.14. The van der Waals surface area contributed by atoms with Gasteiger partial charge in [-0.25, -0.2) is 9.97 Å². The molecule has 0 saturated heterocycles. The van der Waals surface area contributed by atoms with Crippen LogP contribution in [0.5, 0.6) is 0 Å². The average Bonchev–Trinajstić information content (AvgIpc) is 3.03. The SMILES string of the molecule is Cc1sc2ncnc(SCC(=O)Nc3cccc(Cl)c3)c2c1-c1ccccc1. The quantitative estimate of drug-likeness (QED) is 0.312. The number of thioether (sulfide) groups is 1. The second kappa shape index (κ2) is 8.31. The first-order chi connectivity index (χ1) is 13.6. The molecule has 0 bridgehead atoms. The largest absolute Gasteiger partial charge is 0.325 e. The zero-order valence-electron chi connectivity index (χ0n) is 15.0. The van der Waals surface area contributed by atoms with Crippen LogP contribution in [0.3, 0.4) is 0 Å². The first kappa shape index (κ1) is 18.9. The molecule has 0 spiro atoms. The van der Waals surface area contributed by atoms with Crippen molar-refractivity contribution in [3.8, 4) is 11.1 Å². The number of nitrogens with one attached hydrogen (secondary N) is 1. The number of hydrogen-bond donors (Lipinski definition) is 1. The number of rotatable bonds is 5. The van der Waals surface area contributed by atoms with Gasteiger partial charge in [-0.15, -0.1) is 11.3 Å². The molecule has 4 nitrogen and oxygen atoms in total. The van der Waals surface area contributed by atoms with Gasteiger partial charge in [0.05, 0.1) is 11.1 Å². The Hall–Kier alpha value is -2.41. The molecule has 0 radical (unpaired) electrons. The van der Waals surface area contributed by atoms with E-state index >= 15 is 0 Å². The summed E-state index contributed by atoms with van der Waals surface area (Å²) in [7, 11) is 0. The maximum Gasteiger partial charge on any atom is 0.234 e. The zero-order chi connectivity index (χ0) is 19.5. The van der Waals surface area contributed by atoms with E-state index in [0.29, 0.717) is 10.7 Å². The van der Waals surface area contributed by atoms with Crippen LogP contribution in [0.15, 0.2) is 66.0 Å². The van der Waals surface area contributed by atoms with Gasteiger partial charge in [-0.05, 0) is 30.7 Å². The molecule has 0 aliphatic rings. The van der Waals surface area contributed by atoms with Crippen molar-refractivity contribution in [3.05, 3.63) is 70.8 Å². The predicted molar refractivity (Wildman–Crippen MR) is 118 cm³/mol. The van der Waals surface area contributed by atoms with Gasteiger partial charge in [0, 0.05) is 21.2 Å². The summed E-state index contributed by atoms with van der Waals surface area (Å²) >= 11 is 9.03. The number of halogens is 1. The van der Waals surface area contributed by atoms with Gasteiger partial charge in [0.15, 0.2) is 0 Å². The van der Waals surface area contributed by atoms with E-state index in [9.17, 15) is 4.79 Å². The topological polar surface area (TPSA) is 54.9 Å². The Morgan fingerprint density at radius 2 is 1.96 bits per heavy atom. The van der Waals surface area contributed by atoms with Crippen molar-refractivity contribution in [2.75, 3.05) is 11.1 Å². The van der Waals surface area contributed by atoms with E-state index in [1.54, 1.807) is 35.9 Å². The molecule has 28 heavy (non-hydrogen) atoms. The normalized spacial score (nSPS) is 10.9. The number of amides is 1. The average molecular weight is 426 g/mol. The van der Waals surface area contributed by atoms with Gasteiger partial charge >= 0.3 is 0 Å². The van der Waals surface area contributed by atoms with E-state index in [2.05, 4.69) is 34.3 Å². The third-order valence-corrected chi connectivity index (χ3v) is 6.38. The Balaban J connectivity index is 1.60. The standard InChI is InChI=1S/C21H16ClN3OS2/c1-13-18(14-6-3-2-4-7-14)19-20(23-12-24-21(19)28-13)27-11-17(26)25-16-9-5-8-15(22)10-16/h2-10,12H,11H2,1H3,(H,25,26). The molecular formula is C21H16ClN3OS2. The highest BCUT2D eigenvalue weighted by Gasteiger charge is 2.17. The fourth-order valence-electron chi connectivity index (χ4n) is 2.98. The molecule has 4 aromatic rings. The molecule has 0 unspecified atom stereocenters. The lowest BCUT2D eigenvalue weighted by molar-refractivity contribution is -0.113. The van der Waals surface area contributed by atoms with Crippen LogP contribution in [0.1, 0.15) is 4.88 Å². The van der Waals surface area contributed by atoms with E-state index in [1.165, 1.54) is 16.6 Å². The predicted octanol–water partition coefficient (Wildman–Crippen LogP) is 6.05. The summed E-state index contributed by atoms with van der Waals surface area (Å²) in [6.07, 6.45) is 1.56. The monoisotopic (exact) mass is 425 g/mol. The lowest BCUT2D eigenvalue weighted by Gasteiger charge is -2.07. The molecule has 2 heterocycles. The maximum absolute atomic E-state index is 12.4. The second-order valence-electron chi connectivity index (χ2n) is 6.11. The van der Waals surface area contributed by atoms with Crippen LogP contribution in [-0.2, 0) is 4.79 Å². The maximum atomic E-state index is 12.4. The van der Waals surface area contributed by atoms with Crippen molar-refractivity contribution in [2.45, 2.75) is 11.9 Å². The molecule has 0 saturated carbocycles. The summed E-state index contributed by atoms with van der Waals surface area (Å²) in [4.78, 5) is 23.4. The van der Waals surface area contributed by atoms with Gasteiger partial charge in [-0.3, -0.25) is 4.79 Å². The Morgan fingerprint density at radius 3 is 2.75 bits per heavy atom. The Labute approximate surface area is 176 Å². The number of aryl methyl sites for hydroxylation is 1. The van der Waals surface area contributed by atoms with E-state index in [-0.39, 0.29) is 11.7 Å². The highest BCUT2D eigenvalue weighted by atomic mass is 35.5. The van der Waals surface area contributed by atoms with Crippen molar-refractivity contribution in [3.63, 3.8) is 0 Å². The number of carbonyl (C=O) groups excluding carboxylic acids is 1. The minimum Gasteiger partial charge on any atom is -0.325 e. The van der Waals surface area contributed by atoms with Gasteiger partial charge in [0.25, 0.3) is 0 Å². The lowest BCUT2D eigenvalue weighted by Crippen LogP contribution is -2.14. The van der Waals surface area contributed by atoms with Gasteiger partial charge < -0.3 is 5.32 Å². The minimum absolute atomic E-state index is 0.104. The molecule has 140 valence electrons. The number of thiophene rings is 1. The van der Waals surface area contributed by atoms with Crippen LogP contribution >= 0.6 is 34.7 Å². The fraction of sp³-hybridized carbons (Fsp3) is 0.0952. The van der Waals surface area contributed by atoms with Crippen molar-refractivity contribution >= 4 is 56.5 Å². The highest BCUT2D eigenvalue weighted by Crippen LogP contribution is 2.41. The summed E-state index contributed by atoms with van der Waals surface area (Å²) in [6, 6.07) is 17.3. The van der Waals surface area contributed by atoms with Gasteiger partial charge in [-0.2, -0.15) is 0 Å². The van der Waals surface area contributed by atoms with Crippen LogP contribution in [0.25, 0.3) is 21.3 Å². The molecule has 0 aliphatic heterocycles. The number of benzene rings is 2. The molecule has 2 aromatic carbocycles. The van der Waals surface area contributed by atoms with Crippen LogP contribution in [0.4, 0.5) is 5.69 Å². The van der Waals surface area contributed by atoms with Crippen LogP contribution in [0, 0.1) is 6.92 Å². The van der Waals surface area contributed by atoms with Gasteiger partial charge in [-0.1, -0.05) is 59.8 Å². The molecule has 2 aromatic heterocycles. The molecular weight excluding hydrogens is 410 g/mol. The molecule has 1 amide bonds. The van der Waals surface area contributed by atoms with Crippen molar-refractivity contribution in [1.82, 2.24) is 9.97 Å². The second-order valence-corrected chi connectivity index (χ2v) is 8.71. The van der Waals surface area contributed by atoms with E-state index < -0.39 is 0 Å². The molecule has 7 heteroatoms. The van der Waals surface area contributed by atoms with Gasteiger partial charge in [0.1, 0.15) is 16.2 Å². The number of carbonyl (C=O) groups is 1. The number of anilines is 1.